The molecule has 0 atom stereocenters. The van der Waals surface area contributed by atoms with Crippen LogP contribution < -0.4 is 10.1 Å². The van der Waals surface area contributed by atoms with Crippen LogP contribution >= 0.6 is 11.8 Å². The van der Waals surface area contributed by atoms with Crippen molar-refractivity contribution in [3.63, 3.8) is 0 Å². The molecule has 1 heterocycles. The molecule has 1 aliphatic heterocycles. The minimum atomic E-state index is -0.567. The Hall–Kier alpha value is -2.48. The van der Waals surface area contributed by atoms with Crippen molar-refractivity contribution in [2.24, 2.45) is 0 Å². The first-order valence-corrected chi connectivity index (χ1v) is 9.96. The first-order valence-electron chi connectivity index (χ1n) is 9.14. The third-order valence-corrected chi connectivity index (χ3v) is 4.50. The van der Waals surface area contributed by atoms with E-state index in [0.717, 1.165) is 23.1 Å². The van der Waals surface area contributed by atoms with Crippen LogP contribution in [0, 0.1) is 0 Å². The third kappa shape index (κ3) is 6.60. The van der Waals surface area contributed by atoms with Crippen molar-refractivity contribution in [3.8, 4) is 5.75 Å². The summed E-state index contributed by atoms with van der Waals surface area (Å²) < 4.78 is 10.5. The zero-order chi connectivity index (χ0) is 20.7. The van der Waals surface area contributed by atoms with E-state index >= 15 is 0 Å². The highest BCUT2D eigenvalue weighted by Crippen LogP contribution is 2.32. The molecule has 0 unspecified atom stereocenters. The topological polar surface area (TPSA) is 84.9 Å². The van der Waals surface area contributed by atoms with Gasteiger partial charge in [-0.15, -0.1) is 0 Å². The van der Waals surface area contributed by atoms with Gasteiger partial charge in [-0.3, -0.25) is 14.5 Å². The van der Waals surface area contributed by atoms with E-state index in [1.54, 1.807) is 26.8 Å². The number of hydrogen-bond donors (Lipinski definition) is 1. The maximum absolute atomic E-state index is 12.5. The van der Waals surface area contributed by atoms with Crippen LogP contribution in [0.15, 0.2) is 29.2 Å². The lowest BCUT2D eigenvalue weighted by Gasteiger charge is -2.20. The van der Waals surface area contributed by atoms with Crippen molar-refractivity contribution in [2.45, 2.75) is 39.7 Å². The third-order valence-electron chi connectivity index (χ3n) is 3.59. The molecule has 1 fully saturated rings. The fourth-order valence-electron chi connectivity index (χ4n) is 2.41. The minimum Gasteiger partial charge on any atom is -0.494 e. The molecular weight excluding hydrogens is 380 g/mol. The number of benzene rings is 1. The lowest BCUT2D eigenvalue weighted by molar-refractivity contribution is -0.122. The van der Waals surface area contributed by atoms with Gasteiger partial charge in [0.1, 0.15) is 11.4 Å². The number of amides is 3. The largest absolute Gasteiger partial charge is 0.494 e. The van der Waals surface area contributed by atoms with Crippen molar-refractivity contribution in [3.05, 3.63) is 34.7 Å². The number of nitrogens with one attached hydrogen (secondary N) is 1. The molecule has 8 heteroatoms. The number of rotatable bonds is 7. The Morgan fingerprint density at radius 3 is 2.50 bits per heavy atom. The first-order chi connectivity index (χ1) is 13.2. The van der Waals surface area contributed by atoms with E-state index in [-0.39, 0.29) is 17.7 Å². The van der Waals surface area contributed by atoms with Gasteiger partial charge < -0.3 is 14.8 Å². The molecule has 0 bridgehead atoms. The van der Waals surface area contributed by atoms with Crippen LogP contribution in [0.25, 0.3) is 6.08 Å². The average molecular weight is 407 g/mol. The molecule has 0 saturated carbocycles. The number of thioether (sulfide) groups is 1. The SMILES string of the molecule is CCOc1ccc(/C=C2\SC(=O)N(CCCNC(=O)OC(C)(C)C)C2=O)cc1. The van der Waals surface area contributed by atoms with Crippen molar-refractivity contribution >= 4 is 35.1 Å². The first kappa shape index (κ1) is 21.8. The van der Waals surface area contributed by atoms with E-state index in [1.165, 1.54) is 4.90 Å². The molecule has 0 radical (unpaired) electrons. The highest BCUT2D eigenvalue weighted by atomic mass is 32.2. The molecule has 1 aromatic rings. The summed E-state index contributed by atoms with van der Waals surface area (Å²) in [5, 5.41) is 2.31. The molecule has 28 heavy (non-hydrogen) atoms. The van der Waals surface area contributed by atoms with E-state index in [2.05, 4.69) is 5.32 Å². The smallest absolute Gasteiger partial charge is 0.407 e. The quantitative estimate of drug-likeness (QED) is 0.543. The van der Waals surface area contributed by atoms with Crippen LogP contribution in [-0.4, -0.2) is 47.4 Å². The molecule has 0 spiro atoms. The second-order valence-corrected chi connectivity index (χ2v) is 8.11. The van der Waals surface area contributed by atoms with Gasteiger partial charge in [0.15, 0.2) is 0 Å². The van der Waals surface area contributed by atoms with Crippen molar-refractivity contribution < 1.29 is 23.9 Å². The van der Waals surface area contributed by atoms with Gasteiger partial charge in [-0.25, -0.2) is 4.79 Å². The maximum atomic E-state index is 12.5. The van der Waals surface area contributed by atoms with Crippen LogP contribution in [-0.2, 0) is 9.53 Å². The summed E-state index contributed by atoms with van der Waals surface area (Å²) in [7, 11) is 0. The zero-order valence-electron chi connectivity index (χ0n) is 16.6. The molecule has 0 aliphatic carbocycles. The highest BCUT2D eigenvalue weighted by molar-refractivity contribution is 8.18. The monoisotopic (exact) mass is 406 g/mol. The van der Waals surface area contributed by atoms with Crippen molar-refractivity contribution in [1.29, 1.82) is 0 Å². The standard InChI is InChI=1S/C20H26N2O5S/c1-5-26-15-9-7-14(8-10-15)13-16-17(23)22(19(25)28-16)12-6-11-21-18(24)27-20(2,3)4/h7-10,13H,5-6,11-12H2,1-4H3,(H,21,24)/b16-13-. The molecule has 1 aromatic carbocycles. The second-order valence-electron chi connectivity index (χ2n) is 7.12. The van der Waals surface area contributed by atoms with Gasteiger partial charge in [-0.2, -0.15) is 0 Å². The van der Waals surface area contributed by atoms with Gasteiger partial charge in [-0.1, -0.05) is 12.1 Å². The molecule has 3 amide bonds. The Bertz CT molecular complexity index is 753. The lowest BCUT2D eigenvalue weighted by atomic mass is 10.2. The minimum absolute atomic E-state index is 0.237. The van der Waals surface area contributed by atoms with Gasteiger partial charge in [0.25, 0.3) is 11.1 Å². The van der Waals surface area contributed by atoms with Gasteiger partial charge in [0.05, 0.1) is 11.5 Å². The molecule has 2 rings (SSSR count). The molecule has 1 N–H and O–H groups in total. The summed E-state index contributed by atoms with van der Waals surface area (Å²) in [5.74, 6) is 0.436. The molecule has 1 saturated heterocycles. The van der Waals surface area contributed by atoms with E-state index in [0.29, 0.717) is 24.5 Å². The molecule has 7 nitrogen and oxygen atoms in total. The van der Waals surface area contributed by atoms with E-state index in [4.69, 9.17) is 9.47 Å². The van der Waals surface area contributed by atoms with E-state index in [9.17, 15) is 14.4 Å². The summed E-state index contributed by atoms with van der Waals surface area (Å²) >= 11 is 0.919. The number of alkyl carbamates (subject to hydrolysis) is 1. The predicted molar refractivity (Wildman–Crippen MR) is 109 cm³/mol. The van der Waals surface area contributed by atoms with Crippen molar-refractivity contribution in [1.82, 2.24) is 10.2 Å². The zero-order valence-corrected chi connectivity index (χ0v) is 17.4. The summed E-state index contributed by atoms with van der Waals surface area (Å²) in [6.45, 7) is 8.39. The summed E-state index contributed by atoms with van der Waals surface area (Å²) in [4.78, 5) is 37.8. The number of nitrogens with zero attached hydrogens (tertiary/aromatic N) is 1. The van der Waals surface area contributed by atoms with Gasteiger partial charge >= 0.3 is 6.09 Å². The van der Waals surface area contributed by atoms with Crippen molar-refractivity contribution in [2.75, 3.05) is 19.7 Å². The molecule has 152 valence electrons. The van der Waals surface area contributed by atoms with Crippen LogP contribution in [0.5, 0.6) is 5.75 Å². The maximum Gasteiger partial charge on any atom is 0.407 e. The van der Waals surface area contributed by atoms with Gasteiger partial charge in [0.2, 0.25) is 0 Å². The Kier molecular flexibility index (Phi) is 7.51. The second kappa shape index (κ2) is 9.64. The summed E-state index contributed by atoms with van der Waals surface area (Å²) in [6.07, 6.45) is 1.63. The number of carbonyl (C=O) groups is 3. The number of hydrogen-bond acceptors (Lipinski definition) is 6. The predicted octanol–water partition coefficient (Wildman–Crippen LogP) is 4.04. The number of ether oxygens (including phenoxy) is 2. The normalized spacial score (nSPS) is 15.9. The molecule has 1 aliphatic rings. The molecule has 0 aromatic heterocycles. The Morgan fingerprint density at radius 1 is 1.21 bits per heavy atom. The van der Waals surface area contributed by atoms with Crippen LogP contribution in [0.4, 0.5) is 9.59 Å². The average Bonchev–Trinajstić information content (AvgIpc) is 2.86. The highest BCUT2D eigenvalue weighted by Gasteiger charge is 2.34. The van der Waals surface area contributed by atoms with Gasteiger partial charge in [0, 0.05) is 13.1 Å². The van der Waals surface area contributed by atoms with E-state index < -0.39 is 11.7 Å². The fraction of sp³-hybridized carbons (Fsp3) is 0.450. The molecular formula is C20H26N2O5S. The Labute approximate surface area is 169 Å². The number of imide groups is 1. The van der Waals surface area contributed by atoms with Crippen LogP contribution in [0.2, 0.25) is 0 Å². The fourth-order valence-corrected chi connectivity index (χ4v) is 3.28. The van der Waals surface area contributed by atoms with E-state index in [1.807, 2.05) is 31.2 Å². The van der Waals surface area contributed by atoms with Crippen LogP contribution in [0.1, 0.15) is 39.7 Å². The Morgan fingerprint density at radius 2 is 1.89 bits per heavy atom. The summed E-state index contributed by atoms with van der Waals surface area (Å²) in [6, 6.07) is 7.32. The summed E-state index contributed by atoms with van der Waals surface area (Å²) in [5.41, 5.74) is 0.253. The Balaban J connectivity index is 1.86. The lowest BCUT2D eigenvalue weighted by Crippen LogP contribution is -2.35. The van der Waals surface area contributed by atoms with Crippen LogP contribution in [0.3, 0.4) is 0 Å². The van der Waals surface area contributed by atoms with Gasteiger partial charge in [-0.05, 0) is 69.6 Å². The number of carbonyl (C=O) groups excluding carboxylic acids is 3.